The molecule has 3 fully saturated rings. The van der Waals surface area contributed by atoms with E-state index in [1.807, 2.05) is 0 Å². The summed E-state index contributed by atoms with van der Waals surface area (Å²) in [5, 5.41) is 43.4. The Balaban J connectivity index is 1.63. The Bertz CT molecular complexity index is 820. The van der Waals surface area contributed by atoms with E-state index in [9.17, 15) is 19.7 Å². The molecule has 2 heterocycles. The van der Waals surface area contributed by atoms with Gasteiger partial charge in [-0.3, -0.25) is 0 Å². The van der Waals surface area contributed by atoms with E-state index in [1.165, 1.54) is 31.4 Å². The van der Waals surface area contributed by atoms with Gasteiger partial charge >= 0.3 is 0 Å². The number of rotatable bonds is 6. The van der Waals surface area contributed by atoms with Crippen LogP contribution in [-0.4, -0.2) is 103 Å². The van der Waals surface area contributed by atoms with Crippen LogP contribution < -0.4 is 16.0 Å². The molecule has 4 rings (SSSR count). The van der Waals surface area contributed by atoms with Crippen molar-refractivity contribution >= 4 is 5.69 Å². The number of nitrogens with one attached hydrogen (secondary N) is 3. The summed E-state index contributed by atoms with van der Waals surface area (Å²) in [6, 6.07) is 4.57. The molecular weight excluding hydrogens is 437 g/mol. The van der Waals surface area contributed by atoms with E-state index in [0.717, 1.165) is 0 Å². The Kier molecular flexibility index (Phi) is 6.98. The molecule has 1 unspecified atom stereocenters. The first-order chi connectivity index (χ1) is 15.7. The molecule has 10 atom stereocenters. The Morgan fingerprint density at radius 1 is 1.09 bits per heavy atom. The summed E-state index contributed by atoms with van der Waals surface area (Å²) in [7, 11) is 4.90. The molecule has 1 aliphatic carbocycles. The average Bonchev–Trinajstić information content (AvgIpc) is 2.78. The van der Waals surface area contributed by atoms with Crippen molar-refractivity contribution in [3.8, 4) is 0 Å². The molecule has 3 aliphatic rings. The summed E-state index contributed by atoms with van der Waals surface area (Å²) >= 11 is 0. The third kappa shape index (κ3) is 4.15. The van der Waals surface area contributed by atoms with Gasteiger partial charge in [0.25, 0.3) is 0 Å². The first-order valence-electron chi connectivity index (χ1n) is 11.2. The zero-order valence-electron chi connectivity index (χ0n) is 19.2. The van der Waals surface area contributed by atoms with Crippen LogP contribution in [0.3, 0.4) is 0 Å². The van der Waals surface area contributed by atoms with E-state index >= 15 is 0 Å². The summed E-state index contributed by atoms with van der Waals surface area (Å²) in [4.78, 5) is 0. The number of hydrogen-bond donors (Lipinski definition) is 6. The van der Waals surface area contributed by atoms with Gasteiger partial charge in [-0.2, -0.15) is 0 Å². The Hall–Kier alpha value is -1.41. The molecule has 1 saturated carbocycles. The van der Waals surface area contributed by atoms with Crippen molar-refractivity contribution in [1.29, 1.82) is 0 Å². The van der Waals surface area contributed by atoms with E-state index in [1.54, 1.807) is 21.0 Å². The predicted molar refractivity (Wildman–Crippen MR) is 116 cm³/mol. The molecule has 0 aromatic heterocycles. The lowest BCUT2D eigenvalue weighted by molar-refractivity contribution is -0.481. The number of likely N-dealkylation sites (N-methyl/N-ethyl adjacent to an activating group) is 2. The van der Waals surface area contributed by atoms with Crippen LogP contribution in [0, 0.1) is 5.82 Å². The molecule has 0 spiro atoms. The molecule has 2 aliphatic heterocycles. The van der Waals surface area contributed by atoms with Gasteiger partial charge in [-0.05, 0) is 45.3 Å². The van der Waals surface area contributed by atoms with Gasteiger partial charge in [-0.15, -0.1) is 0 Å². The maximum Gasteiger partial charge on any atom is 0.250 e. The topological polar surface area (TPSA) is 134 Å². The van der Waals surface area contributed by atoms with Gasteiger partial charge in [0.1, 0.15) is 29.7 Å². The van der Waals surface area contributed by atoms with Crippen LogP contribution in [-0.2, 0) is 18.9 Å². The number of methoxy groups -OCH3 is 1. The standard InChI is InChI=1S/C22H34FN3O7/c1-11-9-21(28,10-26-13-7-5-12(23)6-8-13)22(29)20(31-11)32-19-17(30-4)14(24-2)16(27)15(25-3)18(19)33-22/h5-8,11,14-20,24-29H,9-10H2,1-4H3/t11-,14-,15+,16+,17+,18-,19?,20+,21-,22-/m1/s1. The minimum atomic E-state index is -2.24. The van der Waals surface area contributed by atoms with Gasteiger partial charge in [0.2, 0.25) is 12.1 Å². The van der Waals surface area contributed by atoms with Gasteiger partial charge in [0.05, 0.1) is 24.3 Å². The van der Waals surface area contributed by atoms with Crippen molar-refractivity contribution in [2.75, 3.05) is 33.1 Å². The minimum Gasteiger partial charge on any atom is -0.390 e. The maximum atomic E-state index is 13.3. The number of anilines is 1. The first-order valence-corrected chi connectivity index (χ1v) is 11.2. The molecule has 1 aromatic rings. The fourth-order valence-electron chi connectivity index (χ4n) is 5.30. The van der Waals surface area contributed by atoms with E-state index in [-0.39, 0.29) is 18.8 Å². The largest absolute Gasteiger partial charge is 0.390 e. The molecular formula is C22H34FN3O7. The lowest BCUT2D eigenvalue weighted by atomic mass is 9.77. The molecule has 0 radical (unpaired) electrons. The zero-order valence-corrected chi connectivity index (χ0v) is 19.2. The summed E-state index contributed by atoms with van der Waals surface area (Å²) < 4.78 is 37.1. The summed E-state index contributed by atoms with van der Waals surface area (Å²) in [6.07, 6.45) is -4.78. The second kappa shape index (κ2) is 9.33. The van der Waals surface area contributed by atoms with Gasteiger partial charge in [-0.25, -0.2) is 4.39 Å². The van der Waals surface area contributed by atoms with Gasteiger partial charge in [0, 0.05) is 25.8 Å². The molecule has 0 bridgehead atoms. The lowest BCUT2D eigenvalue weighted by Crippen LogP contribution is -2.81. The molecule has 11 heteroatoms. The molecule has 2 saturated heterocycles. The normalized spacial score (nSPS) is 45.2. The van der Waals surface area contributed by atoms with E-state index in [4.69, 9.17) is 18.9 Å². The van der Waals surface area contributed by atoms with E-state index in [0.29, 0.717) is 5.69 Å². The quantitative estimate of drug-likeness (QED) is 0.311. The maximum absolute atomic E-state index is 13.3. The van der Waals surface area contributed by atoms with Crippen LogP contribution in [0.25, 0.3) is 0 Å². The summed E-state index contributed by atoms with van der Waals surface area (Å²) in [5.74, 6) is -2.62. The Morgan fingerprint density at radius 3 is 2.36 bits per heavy atom. The number of ether oxygens (including phenoxy) is 4. The number of aliphatic hydroxyl groups is 3. The van der Waals surface area contributed by atoms with Crippen LogP contribution in [0.5, 0.6) is 0 Å². The van der Waals surface area contributed by atoms with Gasteiger partial charge in [-0.1, -0.05) is 0 Å². The summed E-state index contributed by atoms with van der Waals surface area (Å²) in [6.45, 7) is 1.66. The third-order valence-electron chi connectivity index (χ3n) is 7.02. The highest BCUT2D eigenvalue weighted by atomic mass is 19.1. The van der Waals surface area contributed by atoms with Crippen LogP contribution in [0.15, 0.2) is 24.3 Å². The van der Waals surface area contributed by atoms with E-state index in [2.05, 4.69) is 16.0 Å². The van der Waals surface area contributed by atoms with E-state index < -0.39 is 60.3 Å². The summed E-state index contributed by atoms with van der Waals surface area (Å²) in [5.41, 5.74) is -1.25. The van der Waals surface area contributed by atoms with Crippen LogP contribution >= 0.6 is 0 Å². The number of hydrogen-bond acceptors (Lipinski definition) is 10. The van der Waals surface area contributed by atoms with Crippen molar-refractivity contribution in [3.63, 3.8) is 0 Å². The number of aliphatic hydroxyl groups excluding tert-OH is 1. The minimum absolute atomic E-state index is 0.0502. The zero-order chi connectivity index (χ0) is 24.0. The van der Waals surface area contributed by atoms with Gasteiger partial charge < -0.3 is 50.2 Å². The smallest absolute Gasteiger partial charge is 0.250 e. The Labute approximate surface area is 192 Å². The molecule has 186 valence electrons. The number of fused-ring (bicyclic) bond motifs is 2. The molecule has 0 amide bonds. The van der Waals surface area contributed by atoms with Crippen molar-refractivity contribution in [3.05, 3.63) is 30.1 Å². The Morgan fingerprint density at radius 2 is 1.76 bits per heavy atom. The highest BCUT2D eigenvalue weighted by Gasteiger charge is 2.68. The van der Waals surface area contributed by atoms with Gasteiger partial charge in [0.15, 0.2) is 0 Å². The number of benzene rings is 1. The van der Waals surface area contributed by atoms with Crippen molar-refractivity contribution in [2.24, 2.45) is 0 Å². The monoisotopic (exact) mass is 471 g/mol. The number of halogens is 1. The lowest BCUT2D eigenvalue weighted by Gasteiger charge is -2.60. The fourth-order valence-corrected chi connectivity index (χ4v) is 5.30. The highest BCUT2D eigenvalue weighted by molar-refractivity contribution is 5.43. The predicted octanol–water partition coefficient (Wildman–Crippen LogP) is -0.858. The second-order valence-corrected chi connectivity index (χ2v) is 9.07. The fraction of sp³-hybridized carbons (Fsp3) is 0.727. The average molecular weight is 472 g/mol. The molecule has 10 nitrogen and oxygen atoms in total. The second-order valence-electron chi connectivity index (χ2n) is 9.07. The van der Waals surface area contributed by atoms with Crippen LogP contribution in [0.2, 0.25) is 0 Å². The van der Waals surface area contributed by atoms with Crippen LogP contribution in [0.1, 0.15) is 13.3 Å². The van der Waals surface area contributed by atoms with Crippen LogP contribution in [0.4, 0.5) is 10.1 Å². The SMILES string of the molecule is CN[C@@H]1[C@H](O)[C@H](NC)[C@H]2O[C@]3(O)[C@H](OC2[C@H]1OC)O[C@H](C)C[C@@]3(O)CNc1ccc(F)cc1. The third-order valence-corrected chi connectivity index (χ3v) is 7.02. The highest BCUT2D eigenvalue weighted by Crippen LogP contribution is 2.46. The van der Waals surface area contributed by atoms with Crippen molar-refractivity contribution in [1.82, 2.24) is 10.6 Å². The molecule has 6 N–H and O–H groups in total. The molecule has 33 heavy (non-hydrogen) atoms. The van der Waals surface area contributed by atoms with Crippen molar-refractivity contribution in [2.45, 2.75) is 73.6 Å². The van der Waals surface area contributed by atoms with Crippen molar-refractivity contribution < 1.29 is 38.7 Å². The first kappa shape index (κ1) is 24.7. The molecule has 1 aromatic carbocycles.